The third-order valence-corrected chi connectivity index (χ3v) is 10.1. The Morgan fingerprint density at radius 2 is 0.600 bits per heavy atom. The highest BCUT2D eigenvalue weighted by atomic mass is 16.6. The van der Waals surface area contributed by atoms with Gasteiger partial charge in [-0.05, 0) is 12.8 Å². The molecule has 0 amide bonds. The van der Waals surface area contributed by atoms with Crippen molar-refractivity contribution in [2.24, 2.45) is 0 Å². The summed E-state index contributed by atoms with van der Waals surface area (Å²) in [4.78, 5) is 35.2. The van der Waals surface area contributed by atoms with Crippen LogP contribution in [-0.4, -0.2) is 37.7 Å². The molecule has 0 atom stereocenters. The lowest BCUT2D eigenvalue weighted by Gasteiger charge is -2.15. The molecule has 0 radical (unpaired) electrons. The van der Waals surface area contributed by atoms with Crippen molar-refractivity contribution in [3.05, 3.63) is 0 Å². The topological polar surface area (TPSA) is 78.9 Å². The Kier molecular flexibility index (Phi) is 40.5. The first-order valence-electron chi connectivity index (χ1n) is 22.0. The molecule has 0 aliphatic carbocycles. The summed E-state index contributed by atoms with van der Waals surface area (Å²) in [6.07, 6.45) is 44.2. The van der Waals surface area contributed by atoms with E-state index in [9.17, 15) is 14.4 Å². The molecule has 0 aliphatic heterocycles. The van der Waals surface area contributed by atoms with Crippen molar-refractivity contribution >= 4 is 18.4 Å². The van der Waals surface area contributed by atoms with Gasteiger partial charge in [-0.25, -0.2) is 0 Å². The molecule has 0 bridgehead atoms. The normalized spacial score (nSPS) is 11.3. The minimum Gasteiger partial charge on any atom is -0.462 e. The van der Waals surface area contributed by atoms with Crippen LogP contribution >= 0.6 is 0 Å². The summed E-state index contributed by atoms with van der Waals surface area (Å²) in [6, 6.07) is 0. The summed E-state index contributed by atoms with van der Waals surface area (Å²) in [5.41, 5.74) is 0. The number of ether oxygens (including phenoxy) is 3. The summed E-state index contributed by atoms with van der Waals surface area (Å²) in [6.45, 7) is 4.71. The SMILES string of the molecule is CCCCCCCCCCCCCCCCCCCC(=O)OCC(COC(=O)CCCCCCCCCCCCCCCCCCC)OC=O. The van der Waals surface area contributed by atoms with Crippen LogP contribution in [0.5, 0.6) is 0 Å². The Morgan fingerprint density at radius 1 is 0.380 bits per heavy atom. The van der Waals surface area contributed by atoms with Gasteiger partial charge in [0.2, 0.25) is 0 Å². The predicted molar refractivity (Wildman–Crippen MR) is 210 cm³/mol. The summed E-state index contributed by atoms with van der Waals surface area (Å²) >= 11 is 0. The fourth-order valence-corrected chi connectivity index (χ4v) is 6.71. The van der Waals surface area contributed by atoms with Crippen LogP contribution in [0.15, 0.2) is 0 Å². The zero-order valence-electron chi connectivity index (χ0n) is 33.5. The molecule has 50 heavy (non-hydrogen) atoms. The Hall–Kier alpha value is -1.59. The van der Waals surface area contributed by atoms with Gasteiger partial charge in [0, 0.05) is 12.8 Å². The summed E-state index contributed by atoms with van der Waals surface area (Å²) < 4.78 is 15.6. The van der Waals surface area contributed by atoms with E-state index < -0.39 is 6.10 Å². The molecule has 0 aromatic heterocycles. The smallest absolute Gasteiger partial charge is 0.305 e. The van der Waals surface area contributed by atoms with Gasteiger partial charge in [0.05, 0.1) is 0 Å². The number of carbonyl (C=O) groups excluding carboxylic acids is 3. The van der Waals surface area contributed by atoms with Crippen LogP contribution in [-0.2, 0) is 28.6 Å². The second kappa shape index (κ2) is 41.8. The highest BCUT2D eigenvalue weighted by Gasteiger charge is 2.16. The van der Waals surface area contributed by atoms with Gasteiger partial charge in [0.15, 0.2) is 6.10 Å². The third-order valence-electron chi connectivity index (χ3n) is 10.1. The number of esters is 2. The van der Waals surface area contributed by atoms with Crippen molar-refractivity contribution in [1.29, 1.82) is 0 Å². The van der Waals surface area contributed by atoms with Crippen LogP contribution in [0.25, 0.3) is 0 Å². The maximum atomic E-state index is 12.2. The van der Waals surface area contributed by atoms with Crippen LogP contribution in [0.4, 0.5) is 0 Å². The monoisotopic (exact) mass is 709 g/mol. The van der Waals surface area contributed by atoms with E-state index in [1.165, 1.54) is 180 Å². The van der Waals surface area contributed by atoms with E-state index in [2.05, 4.69) is 13.8 Å². The van der Waals surface area contributed by atoms with Crippen LogP contribution < -0.4 is 0 Å². The number of hydrogen-bond donors (Lipinski definition) is 0. The zero-order valence-corrected chi connectivity index (χ0v) is 33.5. The van der Waals surface area contributed by atoms with Gasteiger partial charge in [-0.3, -0.25) is 14.4 Å². The number of hydrogen-bond acceptors (Lipinski definition) is 6. The fraction of sp³-hybridized carbons (Fsp3) is 0.932. The van der Waals surface area contributed by atoms with Gasteiger partial charge in [0.1, 0.15) is 13.2 Å². The molecule has 0 aliphatic rings. The second-order valence-corrected chi connectivity index (χ2v) is 15.0. The van der Waals surface area contributed by atoms with Gasteiger partial charge < -0.3 is 14.2 Å². The number of rotatable bonds is 42. The average Bonchev–Trinajstić information content (AvgIpc) is 3.12. The standard InChI is InChI=1S/C44H84O6/c1-3-5-7-9-11-13-15-17-19-21-23-25-27-29-31-33-35-37-43(46)48-39-42(50-41-45)40-49-44(47)38-36-34-32-30-28-26-24-22-20-18-16-14-12-10-8-6-4-2/h41-42H,3-40H2,1-2H3. The summed E-state index contributed by atoms with van der Waals surface area (Å²) in [7, 11) is 0. The Bertz CT molecular complexity index is 657. The molecule has 0 aromatic carbocycles. The molecule has 0 heterocycles. The lowest BCUT2D eigenvalue weighted by molar-refractivity contribution is -0.159. The molecule has 0 unspecified atom stereocenters. The Labute approximate surface area is 310 Å². The second-order valence-electron chi connectivity index (χ2n) is 15.0. The maximum Gasteiger partial charge on any atom is 0.305 e. The van der Waals surface area contributed by atoms with E-state index in [4.69, 9.17) is 14.2 Å². The van der Waals surface area contributed by atoms with Gasteiger partial charge in [0.25, 0.3) is 6.47 Å². The minimum absolute atomic E-state index is 0.0804. The average molecular weight is 709 g/mol. The minimum atomic E-state index is -0.758. The molecule has 0 saturated carbocycles. The number of carbonyl (C=O) groups is 3. The van der Waals surface area contributed by atoms with E-state index in [1.54, 1.807) is 0 Å². The molecule has 0 spiro atoms. The van der Waals surface area contributed by atoms with Crippen molar-refractivity contribution in [2.45, 2.75) is 251 Å². The van der Waals surface area contributed by atoms with Crippen LogP contribution in [0.2, 0.25) is 0 Å². The third kappa shape index (κ3) is 39.2. The molecule has 296 valence electrons. The first kappa shape index (κ1) is 48.4. The largest absolute Gasteiger partial charge is 0.462 e. The predicted octanol–water partition coefficient (Wildman–Crippen LogP) is 13.7. The van der Waals surface area contributed by atoms with Crippen LogP contribution in [0.1, 0.15) is 245 Å². The molecule has 0 N–H and O–H groups in total. The first-order valence-corrected chi connectivity index (χ1v) is 22.0. The molecule has 6 heteroatoms. The van der Waals surface area contributed by atoms with E-state index in [0.717, 1.165) is 38.5 Å². The van der Waals surface area contributed by atoms with Crippen molar-refractivity contribution < 1.29 is 28.6 Å². The fourth-order valence-electron chi connectivity index (χ4n) is 6.71. The van der Waals surface area contributed by atoms with E-state index >= 15 is 0 Å². The molecular weight excluding hydrogens is 624 g/mol. The molecule has 0 aromatic rings. The van der Waals surface area contributed by atoms with E-state index in [0.29, 0.717) is 19.3 Å². The van der Waals surface area contributed by atoms with Crippen LogP contribution in [0, 0.1) is 0 Å². The highest BCUT2D eigenvalue weighted by Crippen LogP contribution is 2.16. The Balaban J connectivity index is 3.55. The van der Waals surface area contributed by atoms with E-state index in [1.807, 2.05) is 0 Å². The summed E-state index contributed by atoms with van der Waals surface area (Å²) in [5, 5.41) is 0. The van der Waals surface area contributed by atoms with Gasteiger partial charge in [-0.2, -0.15) is 0 Å². The van der Waals surface area contributed by atoms with E-state index in [-0.39, 0.29) is 25.2 Å². The maximum absolute atomic E-state index is 12.2. The summed E-state index contributed by atoms with van der Waals surface area (Å²) in [5.74, 6) is -0.583. The van der Waals surface area contributed by atoms with Gasteiger partial charge in [-0.15, -0.1) is 0 Å². The molecule has 0 fully saturated rings. The molecule has 0 saturated heterocycles. The highest BCUT2D eigenvalue weighted by molar-refractivity contribution is 5.69. The van der Waals surface area contributed by atoms with Crippen molar-refractivity contribution in [3.63, 3.8) is 0 Å². The lowest BCUT2D eigenvalue weighted by Crippen LogP contribution is -2.28. The van der Waals surface area contributed by atoms with Crippen LogP contribution in [0.3, 0.4) is 0 Å². The molecule has 6 nitrogen and oxygen atoms in total. The number of unbranched alkanes of at least 4 members (excludes halogenated alkanes) is 32. The quantitative estimate of drug-likeness (QED) is 0.0272. The Morgan fingerprint density at radius 3 is 0.820 bits per heavy atom. The molecule has 0 rings (SSSR count). The van der Waals surface area contributed by atoms with Gasteiger partial charge >= 0.3 is 11.9 Å². The molecular formula is C44H84O6. The first-order chi connectivity index (χ1) is 24.6. The zero-order chi connectivity index (χ0) is 36.4. The lowest BCUT2D eigenvalue weighted by atomic mass is 10.0. The van der Waals surface area contributed by atoms with Gasteiger partial charge in [-0.1, -0.05) is 219 Å². The van der Waals surface area contributed by atoms with Crippen molar-refractivity contribution in [1.82, 2.24) is 0 Å². The van der Waals surface area contributed by atoms with Crippen molar-refractivity contribution in [2.75, 3.05) is 13.2 Å². The van der Waals surface area contributed by atoms with Crippen molar-refractivity contribution in [3.8, 4) is 0 Å².